The molecule has 7 heteroatoms. The summed E-state index contributed by atoms with van der Waals surface area (Å²) in [5.41, 5.74) is 0.547. The predicted molar refractivity (Wildman–Crippen MR) is 95.9 cm³/mol. The molecule has 1 saturated heterocycles. The Morgan fingerprint density at radius 2 is 2.29 bits per heavy atom. The van der Waals surface area contributed by atoms with Crippen molar-refractivity contribution in [3.8, 4) is 5.75 Å². The molecule has 1 aromatic carbocycles. The Labute approximate surface area is 148 Å². The summed E-state index contributed by atoms with van der Waals surface area (Å²) in [6, 6.07) is 5.12. The van der Waals surface area contributed by atoms with E-state index in [0.29, 0.717) is 29.0 Å². The van der Waals surface area contributed by atoms with Gasteiger partial charge >= 0.3 is 6.03 Å². The highest BCUT2D eigenvalue weighted by Gasteiger charge is 2.22. The van der Waals surface area contributed by atoms with Crippen LogP contribution in [0, 0.1) is 0 Å². The molecule has 0 spiro atoms. The van der Waals surface area contributed by atoms with Gasteiger partial charge in [-0.15, -0.1) is 0 Å². The number of likely N-dealkylation sites (tertiary alicyclic amines) is 1. The summed E-state index contributed by atoms with van der Waals surface area (Å²) in [6.07, 6.45) is 4.14. The summed E-state index contributed by atoms with van der Waals surface area (Å²) in [5.74, 6) is 0.568. The number of urea groups is 1. The molecule has 1 unspecified atom stereocenters. The number of rotatable bonds is 8. The summed E-state index contributed by atoms with van der Waals surface area (Å²) in [7, 11) is 1.55. The van der Waals surface area contributed by atoms with Crippen LogP contribution < -0.4 is 15.4 Å². The van der Waals surface area contributed by atoms with Gasteiger partial charge in [0.25, 0.3) is 0 Å². The maximum Gasteiger partial charge on any atom is 0.319 e. The molecule has 0 bridgehead atoms. The number of aliphatic hydroxyl groups is 1. The second kappa shape index (κ2) is 9.71. The summed E-state index contributed by atoms with van der Waals surface area (Å²) in [5, 5.41) is 15.4. The minimum Gasteiger partial charge on any atom is -0.495 e. The van der Waals surface area contributed by atoms with Crippen LogP contribution in [0.25, 0.3) is 0 Å². The van der Waals surface area contributed by atoms with Gasteiger partial charge in [-0.3, -0.25) is 4.90 Å². The van der Waals surface area contributed by atoms with Crippen LogP contribution in [-0.4, -0.2) is 55.4 Å². The number of hydrogen-bond acceptors (Lipinski definition) is 4. The topological polar surface area (TPSA) is 73.8 Å². The first kappa shape index (κ1) is 18.8. The molecule has 1 fully saturated rings. The fraction of sp³-hybridized carbons (Fsp3) is 0.588. The van der Waals surface area contributed by atoms with E-state index in [-0.39, 0.29) is 12.6 Å². The van der Waals surface area contributed by atoms with E-state index in [2.05, 4.69) is 15.5 Å². The van der Waals surface area contributed by atoms with Gasteiger partial charge in [-0.2, -0.15) is 0 Å². The molecule has 1 heterocycles. The zero-order valence-corrected chi connectivity index (χ0v) is 14.8. The van der Waals surface area contributed by atoms with Crippen molar-refractivity contribution in [1.82, 2.24) is 10.2 Å². The van der Waals surface area contributed by atoms with Crippen LogP contribution in [0.3, 0.4) is 0 Å². The zero-order valence-electron chi connectivity index (χ0n) is 14.1. The van der Waals surface area contributed by atoms with Crippen molar-refractivity contribution < 1.29 is 14.6 Å². The lowest BCUT2D eigenvalue weighted by Crippen LogP contribution is -2.34. The maximum atomic E-state index is 11.9. The molecule has 3 N–H and O–H groups in total. The Hall–Kier alpha value is -1.50. The molecule has 1 aliphatic rings. The standard InChI is InChI=1S/C17H26ClN3O3/c1-24-16-7-6-13(18)11-15(16)20-17(23)19-8-2-3-9-21-10-4-5-14(21)12-22/h6-7,11,14,22H,2-5,8-10,12H2,1H3,(H2,19,20,23). The number of carbonyl (C=O) groups excluding carboxylic acids is 1. The quantitative estimate of drug-likeness (QED) is 0.627. The minimum absolute atomic E-state index is 0.238. The average Bonchev–Trinajstić information content (AvgIpc) is 3.02. The highest BCUT2D eigenvalue weighted by atomic mass is 35.5. The van der Waals surface area contributed by atoms with Crippen LogP contribution in [0.1, 0.15) is 25.7 Å². The van der Waals surface area contributed by atoms with Crippen molar-refractivity contribution in [2.45, 2.75) is 31.7 Å². The van der Waals surface area contributed by atoms with Gasteiger partial charge in [0.1, 0.15) is 5.75 Å². The summed E-state index contributed by atoms with van der Waals surface area (Å²) in [4.78, 5) is 14.3. The van der Waals surface area contributed by atoms with Crippen molar-refractivity contribution in [3.63, 3.8) is 0 Å². The van der Waals surface area contributed by atoms with Crippen LogP contribution in [0.4, 0.5) is 10.5 Å². The van der Waals surface area contributed by atoms with E-state index in [4.69, 9.17) is 16.3 Å². The van der Waals surface area contributed by atoms with Crippen LogP contribution in [0.2, 0.25) is 5.02 Å². The maximum absolute atomic E-state index is 11.9. The summed E-state index contributed by atoms with van der Waals surface area (Å²) >= 11 is 5.94. The van der Waals surface area contributed by atoms with Gasteiger partial charge in [-0.25, -0.2) is 4.79 Å². The van der Waals surface area contributed by atoms with E-state index >= 15 is 0 Å². The third-order valence-electron chi connectivity index (χ3n) is 4.28. The van der Waals surface area contributed by atoms with Gasteiger partial charge in [-0.05, 0) is 57.0 Å². The van der Waals surface area contributed by atoms with Gasteiger partial charge < -0.3 is 20.5 Å². The van der Waals surface area contributed by atoms with E-state index in [1.54, 1.807) is 25.3 Å². The van der Waals surface area contributed by atoms with Crippen molar-refractivity contribution in [2.24, 2.45) is 0 Å². The van der Waals surface area contributed by atoms with Gasteiger partial charge in [0, 0.05) is 17.6 Å². The normalized spacial score (nSPS) is 17.7. The van der Waals surface area contributed by atoms with Gasteiger partial charge in [0.2, 0.25) is 0 Å². The first-order valence-electron chi connectivity index (χ1n) is 8.37. The number of anilines is 1. The van der Waals surface area contributed by atoms with Crippen LogP contribution in [-0.2, 0) is 0 Å². The van der Waals surface area contributed by atoms with E-state index < -0.39 is 0 Å². The highest BCUT2D eigenvalue weighted by Crippen LogP contribution is 2.27. The lowest BCUT2D eigenvalue weighted by atomic mass is 10.2. The molecule has 0 aromatic heterocycles. The fourth-order valence-corrected chi connectivity index (χ4v) is 3.15. The fourth-order valence-electron chi connectivity index (χ4n) is 2.98. The smallest absolute Gasteiger partial charge is 0.319 e. The summed E-state index contributed by atoms with van der Waals surface area (Å²) in [6.45, 7) is 2.87. The van der Waals surface area contributed by atoms with Crippen molar-refractivity contribution in [1.29, 1.82) is 0 Å². The second-order valence-corrected chi connectivity index (χ2v) is 6.38. The number of aliphatic hydroxyl groups excluding tert-OH is 1. The number of nitrogens with one attached hydrogen (secondary N) is 2. The van der Waals surface area contributed by atoms with Crippen molar-refractivity contribution in [2.75, 3.05) is 38.7 Å². The number of halogens is 1. The molecule has 0 radical (unpaired) electrons. The number of methoxy groups -OCH3 is 1. The Morgan fingerprint density at radius 3 is 3.04 bits per heavy atom. The first-order chi connectivity index (χ1) is 11.6. The average molecular weight is 356 g/mol. The molecule has 0 aliphatic carbocycles. The van der Waals surface area contributed by atoms with E-state index in [9.17, 15) is 9.90 Å². The molecular formula is C17H26ClN3O3. The largest absolute Gasteiger partial charge is 0.495 e. The number of hydrogen-bond donors (Lipinski definition) is 3. The first-order valence-corrected chi connectivity index (χ1v) is 8.75. The molecule has 1 atom stereocenters. The van der Waals surface area contributed by atoms with Crippen molar-refractivity contribution >= 4 is 23.3 Å². The predicted octanol–water partition coefficient (Wildman–Crippen LogP) is 2.71. The number of carbonyl (C=O) groups is 1. The lowest BCUT2D eigenvalue weighted by Gasteiger charge is -2.22. The number of amides is 2. The van der Waals surface area contributed by atoms with Crippen molar-refractivity contribution in [3.05, 3.63) is 23.2 Å². The van der Waals surface area contributed by atoms with Crippen LogP contribution in [0.15, 0.2) is 18.2 Å². The minimum atomic E-state index is -0.273. The lowest BCUT2D eigenvalue weighted by molar-refractivity contribution is 0.157. The molecular weight excluding hydrogens is 330 g/mol. The van der Waals surface area contributed by atoms with Gasteiger partial charge in [-0.1, -0.05) is 11.6 Å². The molecule has 2 rings (SSSR count). The molecule has 134 valence electrons. The number of ether oxygens (including phenoxy) is 1. The summed E-state index contributed by atoms with van der Waals surface area (Å²) < 4.78 is 5.19. The number of nitrogens with zero attached hydrogens (tertiary/aromatic N) is 1. The Bertz CT molecular complexity index is 542. The molecule has 0 saturated carbocycles. The molecule has 1 aliphatic heterocycles. The van der Waals surface area contributed by atoms with E-state index in [0.717, 1.165) is 38.8 Å². The Balaban J connectivity index is 1.66. The zero-order chi connectivity index (χ0) is 17.4. The number of unbranched alkanes of at least 4 members (excludes halogenated alkanes) is 1. The number of benzene rings is 1. The van der Waals surface area contributed by atoms with Gasteiger partial charge in [0.15, 0.2) is 0 Å². The van der Waals surface area contributed by atoms with Gasteiger partial charge in [0.05, 0.1) is 19.4 Å². The molecule has 1 aromatic rings. The Kier molecular flexibility index (Phi) is 7.62. The molecule has 2 amide bonds. The monoisotopic (exact) mass is 355 g/mol. The SMILES string of the molecule is COc1ccc(Cl)cc1NC(=O)NCCCCN1CCCC1CO. The van der Waals surface area contributed by atoms with E-state index in [1.165, 1.54) is 0 Å². The molecule has 6 nitrogen and oxygen atoms in total. The third kappa shape index (κ3) is 5.54. The van der Waals surface area contributed by atoms with E-state index in [1.807, 2.05) is 0 Å². The van der Waals surface area contributed by atoms with Crippen LogP contribution >= 0.6 is 11.6 Å². The second-order valence-electron chi connectivity index (χ2n) is 5.95. The Morgan fingerprint density at radius 1 is 1.46 bits per heavy atom. The highest BCUT2D eigenvalue weighted by molar-refractivity contribution is 6.31. The molecule has 24 heavy (non-hydrogen) atoms. The van der Waals surface area contributed by atoms with Crippen LogP contribution in [0.5, 0.6) is 5.75 Å². The third-order valence-corrected chi connectivity index (χ3v) is 4.51.